The molecule has 1 N–H and O–H groups in total. The molecule has 4 aromatic carbocycles. The number of quaternary nitrogens is 1. The van der Waals surface area contributed by atoms with Crippen molar-refractivity contribution in [1.29, 1.82) is 0 Å². The van der Waals surface area contributed by atoms with E-state index in [-0.39, 0.29) is 11.6 Å². The van der Waals surface area contributed by atoms with E-state index in [0.29, 0.717) is 53.6 Å². The molecule has 0 unspecified atom stereocenters. The average Bonchev–Trinajstić information content (AvgIpc) is 3.68. The van der Waals surface area contributed by atoms with Crippen molar-refractivity contribution in [3.63, 3.8) is 0 Å². The number of benzene rings is 4. The molecule has 1 heterocycles. The van der Waals surface area contributed by atoms with Gasteiger partial charge in [0.05, 0.1) is 55.2 Å². The molecule has 0 saturated carbocycles. The van der Waals surface area contributed by atoms with Crippen LogP contribution in [0, 0.1) is 0 Å². The summed E-state index contributed by atoms with van der Waals surface area (Å²) in [6, 6.07) is 23.8. The number of Topliss-reactive ketones (excluding diaryl/α,β-unsaturated/α-hetero) is 2. The summed E-state index contributed by atoms with van der Waals surface area (Å²) in [5.41, 5.74) is 11.7. The van der Waals surface area contributed by atoms with Gasteiger partial charge in [0.1, 0.15) is 18.8 Å². The van der Waals surface area contributed by atoms with E-state index < -0.39 is 0 Å². The van der Waals surface area contributed by atoms with Gasteiger partial charge in [0.15, 0.2) is 34.6 Å². The van der Waals surface area contributed by atoms with Crippen LogP contribution >= 0.6 is 0 Å². The topological polar surface area (TPSA) is 95.6 Å². The summed E-state index contributed by atoms with van der Waals surface area (Å²) >= 11 is 0. The lowest BCUT2D eigenvalue weighted by Gasteiger charge is -2.42. The number of ether oxygens (including phenoxy) is 5. The van der Waals surface area contributed by atoms with Crippen LogP contribution in [0.25, 0.3) is 12.2 Å². The zero-order valence-corrected chi connectivity index (χ0v) is 32.4. The van der Waals surface area contributed by atoms with Crippen molar-refractivity contribution in [1.82, 2.24) is 5.43 Å². The second kappa shape index (κ2) is 16.4. The van der Waals surface area contributed by atoms with E-state index in [4.69, 9.17) is 23.7 Å². The van der Waals surface area contributed by atoms with Crippen molar-refractivity contribution in [2.45, 2.75) is 25.7 Å². The van der Waals surface area contributed by atoms with Crippen molar-refractivity contribution in [3.8, 4) is 28.7 Å². The predicted octanol–water partition coefficient (Wildman–Crippen LogP) is 7.00. The van der Waals surface area contributed by atoms with Gasteiger partial charge in [-0.3, -0.25) is 9.59 Å². The first kappa shape index (κ1) is 37.7. The van der Waals surface area contributed by atoms with Crippen LogP contribution in [0.1, 0.15) is 55.8 Å². The Kier molecular flexibility index (Phi) is 11.3. The van der Waals surface area contributed by atoms with E-state index >= 15 is 0 Å². The highest BCUT2D eigenvalue weighted by atomic mass is 16.5. The molecule has 1 fully saturated rings. The quantitative estimate of drug-likeness (QED) is 0.0833. The number of piperazine rings is 1. The monoisotopic (exact) mass is 744 g/mol. The third-order valence-electron chi connectivity index (χ3n) is 10.9. The summed E-state index contributed by atoms with van der Waals surface area (Å²) < 4.78 is 28.5. The van der Waals surface area contributed by atoms with E-state index in [1.807, 2.05) is 48.6 Å². The Hall–Kier alpha value is -5.58. The third kappa shape index (κ3) is 8.26. The average molecular weight is 745 g/mol. The van der Waals surface area contributed by atoms with E-state index in [2.05, 4.69) is 41.6 Å². The molecule has 0 bridgehead atoms. The van der Waals surface area contributed by atoms with Gasteiger partial charge in [0.2, 0.25) is 0 Å². The Morgan fingerprint density at radius 3 is 1.62 bits per heavy atom. The van der Waals surface area contributed by atoms with Crippen LogP contribution in [-0.4, -0.2) is 91.0 Å². The molecule has 4 aromatic rings. The van der Waals surface area contributed by atoms with Gasteiger partial charge in [-0.25, -0.2) is 4.59 Å². The molecule has 10 heteroatoms. The molecule has 1 aliphatic heterocycles. The Bertz CT molecular complexity index is 2110. The number of ketones is 2. The number of anilines is 1. The zero-order valence-electron chi connectivity index (χ0n) is 32.4. The number of rotatable bonds is 14. The lowest BCUT2D eigenvalue weighted by atomic mass is 10.1. The molecule has 2 aliphatic carbocycles. The second-order valence-electron chi connectivity index (χ2n) is 14.5. The lowest BCUT2D eigenvalue weighted by molar-refractivity contribution is -0.952. The number of fused-ring (bicyclic) bond motifs is 2. The van der Waals surface area contributed by atoms with Gasteiger partial charge in [0.25, 0.3) is 0 Å². The number of hydrogen-bond acceptors (Lipinski definition) is 9. The van der Waals surface area contributed by atoms with E-state index in [9.17, 15) is 9.59 Å². The summed E-state index contributed by atoms with van der Waals surface area (Å²) in [5, 5.41) is 0. The van der Waals surface area contributed by atoms with Gasteiger partial charge in [-0.2, -0.15) is 5.43 Å². The number of carbonyl (C=O) groups excluding carboxylic acids is 2. The maximum absolute atomic E-state index is 13.1. The van der Waals surface area contributed by atoms with Gasteiger partial charge in [-0.1, -0.05) is 24.3 Å². The number of unbranched alkanes of at least 4 members (excludes halogenated alkanes) is 1. The number of nitrogens with one attached hydrogen (secondary N) is 1. The Morgan fingerprint density at radius 1 is 0.655 bits per heavy atom. The fourth-order valence-electron chi connectivity index (χ4n) is 7.64. The number of allylic oxidation sites excluding steroid dienone is 2. The molecule has 3 aliphatic rings. The van der Waals surface area contributed by atoms with Gasteiger partial charge in [-0.05, 0) is 95.8 Å². The molecule has 0 amide bonds. The lowest BCUT2D eigenvalue weighted by Crippen LogP contribution is -2.64. The first-order valence-corrected chi connectivity index (χ1v) is 18.9. The van der Waals surface area contributed by atoms with Gasteiger partial charge in [-0.15, -0.1) is 0 Å². The summed E-state index contributed by atoms with van der Waals surface area (Å²) in [6.45, 7) is 5.50. The first-order valence-electron chi connectivity index (χ1n) is 18.9. The number of likely N-dealkylation sites (N-methyl/N-ethyl adjacent to an activating group) is 1. The van der Waals surface area contributed by atoms with Crippen molar-refractivity contribution < 1.29 is 37.9 Å². The predicted molar refractivity (Wildman–Crippen MR) is 215 cm³/mol. The number of nitrogens with zero attached hydrogens (tertiary/aromatic N) is 2. The van der Waals surface area contributed by atoms with Crippen molar-refractivity contribution in [2.75, 3.05) is 79.7 Å². The summed E-state index contributed by atoms with van der Waals surface area (Å²) in [7, 11) is 8.64. The highest BCUT2D eigenvalue weighted by molar-refractivity contribution is 6.16. The highest BCUT2D eigenvalue weighted by Gasteiger charge is 2.30. The van der Waals surface area contributed by atoms with E-state index in [1.54, 1.807) is 40.6 Å². The van der Waals surface area contributed by atoms with Crippen molar-refractivity contribution >= 4 is 29.4 Å². The molecule has 0 atom stereocenters. The molecule has 0 spiro atoms. The highest BCUT2D eigenvalue weighted by Crippen LogP contribution is 2.38. The van der Waals surface area contributed by atoms with E-state index in [1.165, 1.54) is 5.69 Å². The molecule has 10 nitrogen and oxygen atoms in total. The minimum atomic E-state index is 0.0262. The third-order valence-corrected chi connectivity index (χ3v) is 10.9. The van der Waals surface area contributed by atoms with Crippen LogP contribution in [-0.2, 0) is 12.8 Å². The SMILES string of the molecule is COc1cc2c(cc1OC)C(=O)/C(=C/c1ccc(OCCCCN[N+]3(C)CCN(c4ccc(/C=C5\Cc6cc(OC)c(OC)cc6C5=O)cc4)CC3)cc1)C2. The zero-order chi connectivity index (χ0) is 38.5. The van der Waals surface area contributed by atoms with Crippen LogP contribution in [0.15, 0.2) is 83.9 Å². The normalized spacial score (nSPS) is 17.4. The minimum Gasteiger partial charge on any atom is -0.494 e. The van der Waals surface area contributed by atoms with Gasteiger partial charge in [0, 0.05) is 47.3 Å². The van der Waals surface area contributed by atoms with Gasteiger partial charge >= 0.3 is 0 Å². The number of carbonyl (C=O) groups is 2. The summed E-state index contributed by atoms with van der Waals surface area (Å²) in [5.74, 6) is 3.30. The smallest absolute Gasteiger partial charge is 0.189 e. The molecular weight excluding hydrogens is 695 g/mol. The second-order valence-corrected chi connectivity index (χ2v) is 14.5. The summed E-state index contributed by atoms with van der Waals surface area (Å²) in [6.07, 6.45) is 7.07. The van der Waals surface area contributed by atoms with Gasteiger partial charge < -0.3 is 28.6 Å². The molecule has 7 rings (SSSR count). The Morgan fingerprint density at radius 2 is 1.13 bits per heavy atom. The first-order chi connectivity index (χ1) is 26.7. The standard InChI is InChI=1S/C45H50N3O7/c1-48(19-17-47(18-20-48)36-12-8-30(9-13-36)22-34-24-32-26-40(51-2)42(53-4)28-38(32)44(34)49)46-16-6-7-21-55-37-14-10-31(11-15-37)23-35-25-33-27-41(52-3)43(54-5)29-39(33)45(35)50/h8-15,22-23,26-29,46H,6-7,16-21,24-25H2,1-5H3/q+1/b34-22+,35-23+. The Balaban J connectivity index is 0.819. The minimum absolute atomic E-state index is 0.0262. The Labute approximate surface area is 323 Å². The molecule has 55 heavy (non-hydrogen) atoms. The fourth-order valence-corrected chi connectivity index (χ4v) is 7.64. The van der Waals surface area contributed by atoms with Crippen molar-refractivity contribution in [3.05, 3.63) is 117 Å². The molecule has 0 radical (unpaired) electrons. The molecule has 0 aromatic heterocycles. The molecular formula is C45H50N3O7+. The molecule has 286 valence electrons. The van der Waals surface area contributed by atoms with Crippen LogP contribution in [0.3, 0.4) is 0 Å². The number of hydrogen-bond donors (Lipinski definition) is 1. The van der Waals surface area contributed by atoms with Crippen LogP contribution in [0.5, 0.6) is 28.7 Å². The summed E-state index contributed by atoms with van der Waals surface area (Å²) in [4.78, 5) is 28.6. The maximum Gasteiger partial charge on any atom is 0.189 e. The van der Waals surface area contributed by atoms with E-state index in [0.717, 1.165) is 89.3 Å². The van der Waals surface area contributed by atoms with Crippen molar-refractivity contribution in [2.24, 2.45) is 0 Å². The largest absolute Gasteiger partial charge is 0.494 e. The van der Waals surface area contributed by atoms with Crippen LogP contribution in [0.2, 0.25) is 0 Å². The maximum atomic E-state index is 13.1. The fraction of sp³-hybridized carbons (Fsp3) is 0.333. The molecule has 1 saturated heterocycles. The van der Waals surface area contributed by atoms with Crippen LogP contribution < -0.4 is 34.0 Å². The number of methoxy groups -OCH3 is 4. The van der Waals surface area contributed by atoms with Crippen LogP contribution in [0.4, 0.5) is 5.69 Å².